The maximum atomic E-state index is 13.0. The number of para-hydroxylation sites is 2. The summed E-state index contributed by atoms with van der Waals surface area (Å²) in [5.41, 5.74) is 2.63. The molecule has 2 N–H and O–H groups in total. The third kappa shape index (κ3) is 3.43. The standard InChI is InChI=1S/C19H24N4O2/c1-11(2)16-10-23(17-8-6-5-7-15(17)22-16)18(24)9-14-12(3)20-13(4)21-19(14)25/h5-8,11,16,22H,9-10H2,1-4H3,(H,20,21,25)/t16-/m0/s1. The molecule has 1 aromatic heterocycles. The Morgan fingerprint density at radius 3 is 2.72 bits per heavy atom. The zero-order chi connectivity index (χ0) is 18.1. The summed E-state index contributed by atoms with van der Waals surface area (Å²) < 4.78 is 0. The summed E-state index contributed by atoms with van der Waals surface area (Å²) in [5.74, 6) is 0.861. The number of benzene rings is 1. The average molecular weight is 340 g/mol. The van der Waals surface area contributed by atoms with Gasteiger partial charge >= 0.3 is 0 Å². The van der Waals surface area contributed by atoms with Gasteiger partial charge in [0.05, 0.1) is 17.8 Å². The minimum atomic E-state index is -0.234. The van der Waals surface area contributed by atoms with Gasteiger partial charge in [-0.05, 0) is 31.9 Å². The third-order valence-corrected chi connectivity index (χ3v) is 4.69. The molecule has 0 radical (unpaired) electrons. The lowest BCUT2D eigenvalue weighted by Crippen LogP contribution is -2.47. The van der Waals surface area contributed by atoms with Crippen LogP contribution >= 0.6 is 0 Å². The van der Waals surface area contributed by atoms with Crippen molar-refractivity contribution in [2.45, 2.75) is 40.2 Å². The average Bonchev–Trinajstić information content (AvgIpc) is 2.56. The van der Waals surface area contributed by atoms with E-state index in [4.69, 9.17) is 0 Å². The lowest BCUT2D eigenvalue weighted by molar-refractivity contribution is -0.118. The zero-order valence-electron chi connectivity index (χ0n) is 15.1. The molecular formula is C19H24N4O2. The van der Waals surface area contributed by atoms with Gasteiger partial charge in [0.15, 0.2) is 0 Å². The van der Waals surface area contributed by atoms with Gasteiger partial charge in [-0.25, -0.2) is 4.98 Å². The van der Waals surface area contributed by atoms with E-state index in [1.807, 2.05) is 24.3 Å². The highest BCUT2D eigenvalue weighted by atomic mass is 16.2. The Morgan fingerprint density at radius 2 is 2.04 bits per heavy atom. The number of nitrogens with zero attached hydrogens (tertiary/aromatic N) is 2. The van der Waals surface area contributed by atoms with Crippen LogP contribution in [0.15, 0.2) is 29.1 Å². The molecule has 1 amide bonds. The SMILES string of the molecule is Cc1nc(C)c(CC(=O)N2C[C@@H](C(C)C)Nc3ccccc32)c(=O)[nH]1. The normalized spacial score (nSPS) is 16.5. The second-order valence-corrected chi connectivity index (χ2v) is 6.91. The van der Waals surface area contributed by atoms with Crippen LogP contribution in [0, 0.1) is 19.8 Å². The van der Waals surface area contributed by atoms with Gasteiger partial charge in [-0.3, -0.25) is 9.59 Å². The number of aromatic nitrogens is 2. The van der Waals surface area contributed by atoms with Crippen LogP contribution in [0.4, 0.5) is 11.4 Å². The number of H-pyrrole nitrogens is 1. The molecule has 0 spiro atoms. The maximum Gasteiger partial charge on any atom is 0.254 e. The van der Waals surface area contributed by atoms with Crippen LogP contribution in [0.1, 0.15) is 30.9 Å². The van der Waals surface area contributed by atoms with Gasteiger partial charge in [0, 0.05) is 23.8 Å². The molecule has 6 nitrogen and oxygen atoms in total. The molecule has 2 heterocycles. The van der Waals surface area contributed by atoms with Crippen LogP contribution < -0.4 is 15.8 Å². The van der Waals surface area contributed by atoms with Crippen LogP contribution in [0.3, 0.4) is 0 Å². The van der Waals surface area contributed by atoms with Crippen molar-refractivity contribution in [3.63, 3.8) is 0 Å². The lowest BCUT2D eigenvalue weighted by Gasteiger charge is -2.37. The molecule has 0 bridgehead atoms. The number of carbonyl (C=O) groups excluding carboxylic acids is 1. The van der Waals surface area contributed by atoms with Crippen molar-refractivity contribution in [2.24, 2.45) is 5.92 Å². The molecule has 1 aliphatic heterocycles. The highest BCUT2D eigenvalue weighted by molar-refractivity contribution is 5.99. The number of carbonyl (C=O) groups is 1. The summed E-state index contributed by atoms with van der Waals surface area (Å²) in [4.78, 5) is 34.0. The van der Waals surface area contributed by atoms with E-state index in [0.29, 0.717) is 29.5 Å². The molecule has 1 aliphatic rings. The summed E-state index contributed by atoms with van der Waals surface area (Å²) in [6.07, 6.45) is 0.0492. The maximum absolute atomic E-state index is 13.0. The molecule has 25 heavy (non-hydrogen) atoms. The van der Waals surface area contributed by atoms with Gasteiger partial charge in [-0.2, -0.15) is 0 Å². The van der Waals surface area contributed by atoms with Crippen LogP contribution in [0.2, 0.25) is 0 Å². The Labute approximate surface area is 147 Å². The molecule has 0 fully saturated rings. The van der Waals surface area contributed by atoms with E-state index >= 15 is 0 Å². The number of hydrogen-bond acceptors (Lipinski definition) is 4. The largest absolute Gasteiger partial charge is 0.379 e. The van der Waals surface area contributed by atoms with Gasteiger partial charge in [0.1, 0.15) is 5.82 Å². The molecule has 6 heteroatoms. The number of anilines is 2. The first kappa shape index (κ1) is 17.2. The number of amides is 1. The Kier molecular flexibility index (Phi) is 4.61. The number of nitrogens with one attached hydrogen (secondary N) is 2. The molecule has 1 atom stereocenters. The van der Waals surface area contributed by atoms with E-state index in [1.54, 1.807) is 18.7 Å². The summed E-state index contributed by atoms with van der Waals surface area (Å²) in [7, 11) is 0. The minimum absolute atomic E-state index is 0.0492. The summed E-state index contributed by atoms with van der Waals surface area (Å²) in [6.45, 7) is 8.36. The van der Waals surface area contributed by atoms with Gasteiger partial charge in [0.2, 0.25) is 5.91 Å². The predicted octanol–water partition coefficient (Wildman–Crippen LogP) is 2.41. The summed E-state index contributed by atoms with van der Waals surface area (Å²) in [5, 5.41) is 3.50. The Balaban J connectivity index is 1.93. The molecule has 2 aromatic rings. The number of hydrogen-bond donors (Lipinski definition) is 2. The van der Waals surface area contributed by atoms with Crippen LogP contribution in [-0.2, 0) is 11.2 Å². The topological polar surface area (TPSA) is 78.1 Å². The Morgan fingerprint density at radius 1 is 1.32 bits per heavy atom. The van der Waals surface area contributed by atoms with Crippen LogP contribution in [-0.4, -0.2) is 28.5 Å². The summed E-state index contributed by atoms with van der Waals surface area (Å²) >= 11 is 0. The van der Waals surface area contributed by atoms with Crippen molar-refractivity contribution in [3.05, 3.63) is 51.7 Å². The van der Waals surface area contributed by atoms with Crippen molar-refractivity contribution in [1.82, 2.24) is 9.97 Å². The number of fused-ring (bicyclic) bond motifs is 1. The van der Waals surface area contributed by atoms with E-state index in [0.717, 1.165) is 11.4 Å². The summed E-state index contributed by atoms with van der Waals surface area (Å²) in [6, 6.07) is 7.96. The van der Waals surface area contributed by atoms with Crippen LogP contribution in [0.5, 0.6) is 0 Å². The highest BCUT2D eigenvalue weighted by Crippen LogP contribution is 2.32. The van der Waals surface area contributed by atoms with Gasteiger partial charge < -0.3 is 15.2 Å². The second kappa shape index (κ2) is 6.70. The van der Waals surface area contributed by atoms with Crippen molar-refractivity contribution < 1.29 is 4.79 Å². The first-order chi connectivity index (χ1) is 11.9. The molecule has 0 aliphatic carbocycles. The first-order valence-electron chi connectivity index (χ1n) is 8.59. The number of aromatic amines is 1. The van der Waals surface area contributed by atoms with E-state index < -0.39 is 0 Å². The molecule has 1 aromatic carbocycles. The molecule has 0 unspecified atom stereocenters. The van der Waals surface area contributed by atoms with Crippen molar-refractivity contribution >= 4 is 17.3 Å². The minimum Gasteiger partial charge on any atom is -0.379 e. The Hall–Kier alpha value is -2.63. The predicted molar refractivity (Wildman–Crippen MR) is 99.1 cm³/mol. The third-order valence-electron chi connectivity index (χ3n) is 4.69. The molecule has 3 rings (SSSR count). The molecule has 0 saturated carbocycles. The molecule has 132 valence electrons. The van der Waals surface area contributed by atoms with Crippen molar-refractivity contribution in [1.29, 1.82) is 0 Å². The van der Waals surface area contributed by atoms with E-state index in [-0.39, 0.29) is 23.9 Å². The number of aryl methyl sites for hydroxylation is 2. The van der Waals surface area contributed by atoms with Gasteiger partial charge in [-0.1, -0.05) is 26.0 Å². The van der Waals surface area contributed by atoms with E-state index in [1.165, 1.54) is 0 Å². The second-order valence-electron chi connectivity index (χ2n) is 6.91. The van der Waals surface area contributed by atoms with E-state index in [2.05, 4.69) is 29.1 Å². The smallest absolute Gasteiger partial charge is 0.254 e. The van der Waals surface area contributed by atoms with Gasteiger partial charge in [-0.15, -0.1) is 0 Å². The fourth-order valence-corrected chi connectivity index (χ4v) is 3.19. The number of rotatable bonds is 3. The first-order valence-corrected chi connectivity index (χ1v) is 8.59. The monoisotopic (exact) mass is 340 g/mol. The molecular weight excluding hydrogens is 316 g/mol. The van der Waals surface area contributed by atoms with Crippen molar-refractivity contribution in [3.8, 4) is 0 Å². The fraction of sp³-hybridized carbons (Fsp3) is 0.421. The highest BCUT2D eigenvalue weighted by Gasteiger charge is 2.30. The molecule has 0 saturated heterocycles. The van der Waals surface area contributed by atoms with Crippen LogP contribution in [0.25, 0.3) is 0 Å². The Bertz CT molecular complexity index is 857. The van der Waals surface area contributed by atoms with Gasteiger partial charge in [0.25, 0.3) is 5.56 Å². The van der Waals surface area contributed by atoms with Crippen molar-refractivity contribution in [2.75, 3.05) is 16.8 Å². The quantitative estimate of drug-likeness (QED) is 0.899. The van der Waals surface area contributed by atoms with E-state index in [9.17, 15) is 9.59 Å². The lowest BCUT2D eigenvalue weighted by atomic mass is 9.99. The fourth-order valence-electron chi connectivity index (χ4n) is 3.19. The zero-order valence-corrected chi connectivity index (χ0v) is 15.1.